The molecule has 0 saturated heterocycles. The molecule has 0 bridgehead atoms. The molecule has 1 aliphatic heterocycles. The lowest BCUT2D eigenvalue weighted by Gasteiger charge is -2.10. The molecule has 1 amide bonds. The summed E-state index contributed by atoms with van der Waals surface area (Å²) in [7, 11) is 0. The summed E-state index contributed by atoms with van der Waals surface area (Å²) in [6, 6.07) is 2.08. The molecule has 1 aliphatic rings. The van der Waals surface area contributed by atoms with E-state index in [1.165, 1.54) is 0 Å². The van der Waals surface area contributed by atoms with Crippen LogP contribution in [-0.2, 0) is 19.5 Å². The van der Waals surface area contributed by atoms with Crippen LogP contribution in [-0.4, -0.2) is 35.4 Å². The number of pyridine rings is 1. The molecule has 0 unspecified atom stereocenters. The van der Waals surface area contributed by atoms with Crippen molar-refractivity contribution in [1.29, 1.82) is 0 Å². The zero-order chi connectivity index (χ0) is 17.6. The summed E-state index contributed by atoms with van der Waals surface area (Å²) in [5, 5.41) is 16.5. The normalized spacial score (nSPS) is 13.6. The third kappa shape index (κ3) is 2.67. The fourth-order valence-electron chi connectivity index (χ4n) is 3.27. The highest BCUT2D eigenvalue weighted by Gasteiger charge is 2.19. The number of nitrogens with zero attached hydrogens (tertiary/aromatic N) is 6. The fourth-order valence-corrected chi connectivity index (χ4v) is 3.27. The van der Waals surface area contributed by atoms with Crippen molar-refractivity contribution in [3.8, 4) is 0 Å². The molecule has 0 aromatic carbocycles. The Morgan fingerprint density at radius 3 is 3.00 bits per heavy atom. The highest BCUT2D eigenvalue weighted by Crippen LogP contribution is 2.19. The Labute approximate surface area is 145 Å². The van der Waals surface area contributed by atoms with Gasteiger partial charge >= 0.3 is 0 Å². The van der Waals surface area contributed by atoms with Gasteiger partial charge < -0.3 is 9.88 Å². The van der Waals surface area contributed by atoms with E-state index in [1.807, 2.05) is 17.7 Å². The Bertz CT molecular complexity index is 953. The smallest absolute Gasteiger partial charge is 0.253 e. The van der Waals surface area contributed by atoms with E-state index < -0.39 is 0 Å². The summed E-state index contributed by atoms with van der Waals surface area (Å²) in [5.74, 6) is 1.66. The standard InChI is InChI=1S/C17H21N7O/c1-10(2)24-16-12(8-19-24)7-13(11(3)20-16)17(25)18-9-15-22-21-14-5-4-6-23(14)15/h7-8,10H,4-6,9H2,1-3H3,(H,18,25). The van der Waals surface area contributed by atoms with Gasteiger partial charge in [0.25, 0.3) is 5.91 Å². The molecule has 1 N–H and O–H groups in total. The zero-order valence-corrected chi connectivity index (χ0v) is 14.7. The molecular formula is C17H21N7O. The minimum atomic E-state index is -0.153. The monoisotopic (exact) mass is 339 g/mol. The molecule has 0 saturated carbocycles. The van der Waals surface area contributed by atoms with Crippen molar-refractivity contribution in [2.45, 2.75) is 52.7 Å². The minimum Gasteiger partial charge on any atom is -0.345 e. The minimum absolute atomic E-state index is 0.153. The van der Waals surface area contributed by atoms with Gasteiger partial charge in [-0.2, -0.15) is 5.10 Å². The molecule has 0 radical (unpaired) electrons. The van der Waals surface area contributed by atoms with Gasteiger partial charge in [-0.15, -0.1) is 10.2 Å². The lowest BCUT2D eigenvalue weighted by Crippen LogP contribution is -2.25. The summed E-state index contributed by atoms with van der Waals surface area (Å²) in [4.78, 5) is 17.2. The number of hydrogen-bond acceptors (Lipinski definition) is 5. The highest BCUT2D eigenvalue weighted by molar-refractivity contribution is 5.98. The maximum atomic E-state index is 12.6. The maximum absolute atomic E-state index is 12.6. The Hall–Kier alpha value is -2.77. The van der Waals surface area contributed by atoms with Crippen LogP contribution in [0.15, 0.2) is 12.3 Å². The van der Waals surface area contributed by atoms with Gasteiger partial charge in [0.1, 0.15) is 5.82 Å². The molecule has 0 spiro atoms. The summed E-state index contributed by atoms with van der Waals surface area (Å²) >= 11 is 0. The molecule has 3 aromatic rings. The van der Waals surface area contributed by atoms with Crippen molar-refractivity contribution < 1.29 is 4.79 Å². The Morgan fingerprint density at radius 2 is 2.20 bits per heavy atom. The molecule has 25 heavy (non-hydrogen) atoms. The third-order valence-corrected chi connectivity index (χ3v) is 4.59. The predicted molar refractivity (Wildman–Crippen MR) is 92.2 cm³/mol. The van der Waals surface area contributed by atoms with Crippen LogP contribution in [0.3, 0.4) is 0 Å². The van der Waals surface area contributed by atoms with Crippen LogP contribution < -0.4 is 5.32 Å². The van der Waals surface area contributed by atoms with Crippen LogP contribution in [0.2, 0.25) is 0 Å². The zero-order valence-electron chi connectivity index (χ0n) is 14.7. The number of aromatic nitrogens is 6. The second-order valence-corrected chi connectivity index (χ2v) is 6.69. The first-order valence-corrected chi connectivity index (χ1v) is 8.58. The van der Waals surface area contributed by atoms with E-state index in [1.54, 1.807) is 6.20 Å². The number of hydrogen-bond donors (Lipinski definition) is 1. The van der Waals surface area contributed by atoms with E-state index in [4.69, 9.17) is 0 Å². The van der Waals surface area contributed by atoms with Crippen LogP contribution >= 0.6 is 0 Å². The van der Waals surface area contributed by atoms with Gasteiger partial charge in [-0.3, -0.25) is 4.79 Å². The number of nitrogens with one attached hydrogen (secondary N) is 1. The van der Waals surface area contributed by atoms with Crippen LogP contribution in [0.5, 0.6) is 0 Å². The molecular weight excluding hydrogens is 318 g/mol. The Morgan fingerprint density at radius 1 is 1.36 bits per heavy atom. The van der Waals surface area contributed by atoms with Gasteiger partial charge in [-0.05, 0) is 33.3 Å². The first-order chi connectivity index (χ1) is 12.0. The number of fused-ring (bicyclic) bond motifs is 2. The van der Waals surface area contributed by atoms with E-state index in [0.29, 0.717) is 17.8 Å². The van der Waals surface area contributed by atoms with Gasteiger partial charge in [0.15, 0.2) is 11.5 Å². The lowest BCUT2D eigenvalue weighted by atomic mass is 10.1. The molecule has 4 heterocycles. The highest BCUT2D eigenvalue weighted by atomic mass is 16.1. The molecule has 0 fully saturated rings. The van der Waals surface area contributed by atoms with Crippen molar-refractivity contribution >= 4 is 16.9 Å². The first kappa shape index (κ1) is 15.7. The molecule has 8 heteroatoms. The summed E-state index contributed by atoms with van der Waals surface area (Å²) in [6.07, 6.45) is 3.80. The largest absolute Gasteiger partial charge is 0.345 e. The van der Waals surface area contributed by atoms with Gasteiger partial charge in [0.05, 0.1) is 24.0 Å². The summed E-state index contributed by atoms with van der Waals surface area (Å²) < 4.78 is 3.95. The molecule has 130 valence electrons. The predicted octanol–water partition coefficient (Wildman–Crippen LogP) is 1.79. The topological polar surface area (TPSA) is 90.5 Å². The van der Waals surface area contributed by atoms with E-state index in [2.05, 4.69) is 44.0 Å². The first-order valence-electron chi connectivity index (χ1n) is 8.58. The number of carbonyl (C=O) groups is 1. The van der Waals surface area contributed by atoms with E-state index >= 15 is 0 Å². The molecule has 3 aromatic heterocycles. The van der Waals surface area contributed by atoms with Crippen LogP contribution in [0, 0.1) is 6.92 Å². The second-order valence-electron chi connectivity index (χ2n) is 6.69. The number of rotatable bonds is 4. The van der Waals surface area contributed by atoms with Gasteiger partial charge in [0, 0.05) is 24.4 Å². The van der Waals surface area contributed by atoms with Gasteiger partial charge in [0.2, 0.25) is 0 Å². The quantitative estimate of drug-likeness (QED) is 0.782. The Balaban J connectivity index is 1.56. The Kier molecular flexibility index (Phi) is 3.74. The maximum Gasteiger partial charge on any atom is 0.253 e. The van der Waals surface area contributed by atoms with E-state index in [-0.39, 0.29) is 11.9 Å². The van der Waals surface area contributed by atoms with Gasteiger partial charge in [-0.25, -0.2) is 9.67 Å². The van der Waals surface area contributed by atoms with Crippen molar-refractivity contribution in [3.05, 3.63) is 35.2 Å². The molecule has 4 rings (SSSR count). The van der Waals surface area contributed by atoms with Crippen molar-refractivity contribution in [1.82, 2.24) is 34.8 Å². The van der Waals surface area contributed by atoms with Crippen LogP contribution in [0.25, 0.3) is 11.0 Å². The van der Waals surface area contributed by atoms with E-state index in [0.717, 1.165) is 42.1 Å². The number of amides is 1. The van der Waals surface area contributed by atoms with Crippen LogP contribution in [0.1, 0.15) is 54.0 Å². The van der Waals surface area contributed by atoms with Crippen molar-refractivity contribution in [3.63, 3.8) is 0 Å². The number of carbonyl (C=O) groups excluding carboxylic acids is 1. The van der Waals surface area contributed by atoms with Crippen molar-refractivity contribution in [2.75, 3.05) is 0 Å². The molecule has 0 aliphatic carbocycles. The second kappa shape index (κ2) is 5.94. The lowest BCUT2D eigenvalue weighted by molar-refractivity contribution is 0.0948. The SMILES string of the molecule is Cc1nc2c(cnn2C(C)C)cc1C(=O)NCc1nnc2n1CCC2. The van der Waals surface area contributed by atoms with Gasteiger partial charge in [-0.1, -0.05) is 0 Å². The summed E-state index contributed by atoms with van der Waals surface area (Å²) in [6.45, 7) is 7.26. The average molecular weight is 339 g/mol. The number of aryl methyl sites for hydroxylation is 2. The average Bonchev–Trinajstić information content (AvgIpc) is 3.27. The van der Waals surface area contributed by atoms with Crippen molar-refractivity contribution in [2.24, 2.45) is 0 Å². The van der Waals surface area contributed by atoms with Crippen LogP contribution in [0.4, 0.5) is 0 Å². The fraction of sp³-hybridized carbons (Fsp3) is 0.471. The molecule has 8 nitrogen and oxygen atoms in total. The third-order valence-electron chi connectivity index (χ3n) is 4.59. The molecule has 0 atom stereocenters. The van der Waals surface area contributed by atoms with E-state index in [9.17, 15) is 4.79 Å². The summed E-state index contributed by atoms with van der Waals surface area (Å²) in [5.41, 5.74) is 2.06.